The Morgan fingerprint density at radius 3 is 2.54 bits per heavy atom. The van der Waals surface area contributed by atoms with Gasteiger partial charge in [0, 0.05) is 13.1 Å². The predicted molar refractivity (Wildman–Crippen MR) is 97.1 cm³/mol. The van der Waals surface area contributed by atoms with E-state index in [1.54, 1.807) is 36.4 Å². The number of nitrogens with zero attached hydrogens (tertiary/aromatic N) is 1. The zero-order valence-electron chi connectivity index (χ0n) is 13.9. The van der Waals surface area contributed by atoms with Gasteiger partial charge in [0.05, 0.1) is 5.69 Å². The Labute approximate surface area is 155 Å². The van der Waals surface area contributed by atoms with Gasteiger partial charge in [-0.15, -0.1) is 0 Å². The third-order valence-corrected chi connectivity index (χ3v) is 3.31. The number of carbonyl (C=O) groups is 3. The van der Waals surface area contributed by atoms with Crippen molar-refractivity contribution in [2.75, 3.05) is 11.9 Å². The second kappa shape index (κ2) is 9.33. The first kappa shape index (κ1) is 19.1. The van der Waals surface area contributed by atoms with E-state index in [0.29, 0.717) is 11.3 Å². The van der Waals surface area contributed by atoms with Gasteiger partial charge in [0.2, 0.25) is 5.91 Å². The summed E-state index contributed by atoms with van der Waals surface area (Å²) in [5.74, 6) is -1.86. The topological polar surface area (TPSA) is 97.4 Å². The number of esters is 1. The van der Waals surface area contributed by atoms with Gasteiger partial charge in [-0.2, -0.15) is 0 Å². The summed E-state index contributed by atoms with van der Waals surface area (Å²) in [5.41, 5.74) is 0.924. The normalized spacial score (nSPS) is 10.8. The predicted octanol–water partition coefficient (Wildman–Crippen LogP) is 2.39. The molecule has 1 aromatic carbocycles. The fourth-order valence-corrected chi connectivity index (χ4v) is 2.09. The van der Waals surface area contributed by atoms with Gasteiger partial charge >= 0.3 is 5.97 Å². The van der Waals surface area contributed by atoms with Crippen molar-refractivity contribution in [1.82, 2.24) is 10.3 Å². The van der Waals surface area contributed by atoms with Crippen LogP contribution in [0.3, 0.4) is 0 Å². The van der Waals surface area contributed by atoms with E-state index in [9.17, 15) is 14.4 Å². The quantitative estimate of drug-likeness (QED) is 0.460. The number of hydrogen-bond acceptors (Lipinski definition) is 5. The van der Waals surface area contributed by atoms with Crippen molar-refractivity contribution in [3.8, 4) is 0 Å². The van der Waals surface area contributed by atoms with Crippen molar-refractivity contribution in [3.63, 3.8) is 0 Å². The molecule has 0 aliphatic rings. The molecule has 1 aromatic heterocycles. The van der Waals surface area contributed by atoms with E-state index < -0.39 is 24.4 Å². The van der Waals surface area contributed by atoms with Crippen molar-refractivity contribution in [2.24, 2.45) is 0 Å². The number of halogens is 1. The third kappa shape index (κ3) is 6.03. The average molecular weight is 374 g/mol. The maximum atomic E-state index is 12.2. The van der Waals surface area contributed by atoms with E-state index in [1.807, 2.05) is 6.07 Å². The molecule has 0 saturated carbocycles. The summed E-state index contributed by atoms with van der Waals surface area (Å²) in [6, 6.07) is 12.1. The van der Waals surface area contributed by atoms with Gasteiger partial charge in [0.15, 0.2) is 11.8 Å². The Morgan fingerprint density at radius 2 is 1.88 bits per heavy atom. The number of rotatable bonds is 6. The van der Waals surface area contributed by atoms with Crippen LogP contribution in [-0.2, 0) is 19.1 Å². The van der Waals surface area contributed by atoms with Crippen LogP contribution in [0.1, 0.15) is 12.5 Å². The van der Waals surface area contributed by atoms with Crippen molar-refractivity contribution >= 4 is 41.1 Å². The van der Waals surface area contributed by atoms with Gasteiger partial charge in [0.1, 0.15) is 5.70 Å². The monoisotopic (exact) mass is 373 g/mol. The molecule has 0 aliphatic carbocycles. The van der Waals surface area contributed by atoms with Gasteiger partial charge in [-0.25, -0.2) is 9.78 Å². The van der Waals surface area contributed by atoms with Crippen LogP contribution < -0.4 is 10.6 Å². The molecule has 1 heterocycles. The Hall–Kier alpha value is -3.19. The molecule has 2 rings (SSSR count). The van der Waals surface area contributed by atoms with Crippen LogP contribution in [0.5, 0.6) is 0 Å². The van der Waals surface area contributed by atoms with Crippen molar-refractivity contribution in [3.05, 3.63) is 65.1 Å². The number of ether oxygens (including phenoxy) is 1. The third-order valence-electron chi connectivity index (χ3n) is 3.01. The highest BCUT2D eigenvalue weighted by Crippen LogP contribution is 2.17. The highest BCUT2D eigenvalue weighted by molar-refractivity contribution is 6.32. The highest BCUT2D eigenvalue weighted by Gasteiger charge is 2.15. The molecule has 8 heteroatoms. The minimum absolute atomic E-state index is 0.0732. The molecule has 0 unspecified atom stereocenters. The van der Waals surface area contributed by atoms with Crippen LogP contribution in [0.15, 0.2) is 54.4 Å². The minimum Gasteiger partial charge on any atom is -0.451 e. The maximum absolute atomic E-state index is 12.2. The fraction of sp³-hybridized carbons (Fsp3) is 0.111. The second-order valence-corrected chi connectivity index (χ2v) is 5.47. The van der Waals surface area contributed by atoms with E-state index in [2.05, 4.69) is 15.6 Å². The highest BCUT2D eigenvalue weighted by atomic mass is 35.5. The number of nitrogens with one attached hydrogen (secondary N) is 2. The summed E-state index contributed by atoms with van der Waals surface area (Å²) in [4.78, 5) is 39.2. The molecule has 2 amide bonds. The fourth-order valence-electron chi connectivity index (χ4n) is 1.93. The molecule has 0 aliphatic heterocycles. The molecular weight excluding hydrogens is 358 g/mol. The van der Waals surface area contributed by atoms with Gasteiger partial charge < -0.3 is 15.4 Å². The number of pyridine rings is 1. The van der Waals surface area contributed by atoms with Crippen LogP contribution in [0.4, 0.5) is 5.69 Å². The van der Waals surface area contributed by atoms with Crippen LogP contribution in [-0.4, -0.2) is 29.4 Å². The van der Waals surface area contributed by atoms with Gasteiger partial charge in [-0.05, 0) is 23.8 Å². The molecule has 2 aromatic rings. The lowest BCUT2D eigenvalue weighted by atomic mass is 10.2. The van der Waals surface area contributed by atoms with E-state index >= 15 is 0 Å². The van der Waals surface area contributed by atoms with Crippen LogP contribution >= 0.6 is 11.6 Å². The smallest absolute Gasteiger partial charge is 0.355 e. The molecule has 134 valence electrons. The zero-order chi connectivity index (χ0) is 18.9. The van der Waals surface area contributed by atoms with Crippen molar-refractivity contribution < 1.29 is 19.1 Å². The Balaban J connectivity index is 2.00. The molecule has 0 radical (unpaired) electrons. The maximum Gasteiger partial charge on any atom is 0.355 e. The minimum atomic E-state index is -0.837. The molecule has 7 nitrogen and oxygen atoms in total. The SMILES string of the molecule is CC(=O)N/C(=C\c1ccccc1)C(=O)OCC(=O)Nc1cccnc1Cl. The number of anilines is 1. The van der Waals surface area contributed by atoms with Gasteiger partial charge in [-0.1, -0.05) is 41.9 Å². The van der Waals surface area contributed by atoms with E-state index in [-0.39, 0.29) is 10.9 Å². The molecule has 0 spiro atoms. The van der Waals surface area contributed by atoms with Gasteiger partial charge in [0.25, 0.3) is 5.91 Å². The molecular formula is C18H16ClN3O4. The largest absolute Gasteiger partial charge is 0.451 e. The summed E-state index contributed by atoms with van der Waals surface area (Å²) >= 11 is 5.84. The summed E-state index contributed by atoms with van der Waals surface area (Å²) in [5, 5.41) is 4.99. The lowest BCUT2D eigenvalue weighted by Gasteiger charge is -2.10. The lowest BCUT2D eigenvalue weighted by molar-refractivity contribution is -0.144. The second-order valence-electron chi connectivity index (χ2n) is 5.12. The first-order valence-electron chi connectivity index (χ1n) is 7.57. The van der Waals surface area contributed by atoms with Crippen LogP contribution in [0.2, 0.25) is 5.15 Å². The number of carbonyl (C=O) groups excluding carboxylic acids is 3. The van der Waals surface area contributed by atoms with Gasteiger partial charge in [-0.3, -0.25) is 9.59 Å². The van der Waals surface area contributed by atoms with E-state index in [4.69, 9.17) is 16.3 Å². The van der Waals surface area contributed by atoms with Crippen molar-refractivity contribution in [2.45, 2.75) is 6.92 Å². The summed E-state index contributed by atoms with van der Waals surface area (Å²) in [6.45, 7) is 0.721. The first-order chi connectivity index (χ1) is 12.5. The molecule has 0 fully saturated rings. The Kier molecular flexibility index (Phi) is 6.87. The summed E-state index contributed by atoms with van der Waals surface area (Å²) in [7, 11) is 0. The number of amides is 2. The van der Waals surface area contributed by atoms with Crippen molar-refractivity contribution in [1.29, 1.82) is 0 Å². The Bertz CT molecular complexity index is 837. The average Bonchev–Trinajstić information content (AvgIpc) is 2.61. The lowest BCUT2D eigenvalue weighted by Crippen LogP contribution is -2.29. The zero-order valence-corrected chi connectivity index (χ0v) is 14.6. The number of hydrogen-bond donors (Lipinski definition) is 2. The summed E-state index contributed by atoms with van der Waals surface area (Å²) < 4.78 is 4.95. The van der Waals surface area contributed by atoms with E-state index in [1.165, 1.54) is 19.2 Å². The van der Waals surface area contributed by atoms with E-state index in [0.717, 1.165) is 0 Å². The van der Waals surface area contributed by atoms with Crippen LogP contribution in [0.25, 0.3) is 6.08 Å². The number of benzene rings is 1. The summed E-state index contributed by atoms with van der Waals surface area (Å²) in [6.07, 6.45) is 2.94. The molecule has 26 heavy (non-hydrogen) atoms. The first-order valence-corrected chi connectivity index (χ1v) is 7.95. The molecule has 0 bridgehead atoms. The molecule has 0 saturated heterocycles. The number of aromatic nitrogens is 1. The van der Waals surface area contributed by atoms with Crippen LogP contribution in [0, 0.1) is 0 Å². The molecule has 0 atom stereocenters. The Morgan fingerprint density at radius 1 is 1.15 bits per heavy atom. The molecule has 2 N–H and O–H groups in total. The standard InChI is InChI=1S/C18H16ClN3O4/c1-12(23)21-15(10-13-6-3-2-4-7-13)18(25)26-11-16(24)22-14-8-5-9-20-17(14)19/h2-10H,11H2,1H3,(H,21,23)(H,22,24)/b15-10-.